The van der Waals surface area contributed by atoms with Crippen LogP contribution in [0.5, 0.6) is 0 Å². The molecular formula is C13H15N5O3S2. The largest absolute Gasteiger partial charge is 0.269 e. The molecule has 0 saturated heterocycles. The van der Waals surface area contributed by atoms with Crippen molar-refractivity contribution in [2.24, 2.45) is 0 Å². The zero-order valence-corrected chi connectivity index (χ0v) is 14.4. The maximum absolute atomic E-state index is 12.1. The van der Waals surface area contributed by atoms with Gasteiger partial charge in [0, 0.05) is 37.4 Å². The first-order valence-electron chi connectivity index (χ1n) is 6.71. The van der Waals surface area contributed by atoms with Gasteiger partial charge in [0.1, 0.15) is 4.90 Å². The molecule has 0 atom stereocenters. The minimum Gasteiger partial charge on any atom is -0.269 e. The average molecular weight is 353 g/mol. The second kappa shape index (κ2) is 5.55. The fourth-order valence-corrected chi connectivity index (χ4v) is 3.87. The summed E-state index contributed by atoms with van der Waals surface area (Å²) in [5, 5.41) is 5.90. The summed E-state index contributed by atoms with van der Waals surface area (Å²) in [5.74, 6) is 0. The summed E-state index contributed by atoms with van der Waals surface area (Å²) in [7, 11) is -0.601. The third-order valence-electron chi connectivity index (χ3n) is 3.34. The fourth-order valence-electron chi connectivity index (χ4n) is 2.12. The molecule has 0 spiro atoms. The van der Waals surface area contributed by atoms with Gasteiger partial charge in [-0.05, 0) is 6.92 Å². The second-order valence-corrected chi connectivity index (χ2v) is 8.23. The number of rotatable bonds is 4. The number of sulfonamides is 1. The van der Waals surface area contributed by atoms with Gasteiger partial charge in [0.15, 0.2) is 4.96 Å². The van der Waals surface area contributed by atoms with E-state index in [0.717, 1.165) is 10.00 Å². The van der Waals surface area contributed by atoms with Crippen molar-refractivity contribution >= 4 is 26.3 Å². The van der Waals surface area contributed by atoms with Gasteiger partial charge in [-0.1, -0.05) is 0 Å². The number of nitrogens with zero attached hydrogens (tertiary/aromatic N) is 5. The molecule has 23 heavy (non-hydrogen) atoms. The Morgan fingerprint density at radius 2 is 2.09 bits per heavy atom. The SMILES string of the molecule is Cc1csc2nc(Cn3cc(S(=O)(=O)N(C)C)cn3)cc(=O)n12. The highest BCUT2D eigenvalue weighted by molar-refractivity contribution is 7.89. The van der Waals surface area contributed by atoms with Crippen LogP contribution in [-0.4, -0.2) is 46.0 Å². The number of hydrogen-bond acceptors (Lipinski definition) is 6. The Bertz CT molecular complexity index is 1030. The predicted octanol–water partition coefficient (Wildman–Crippen LogP) is 0.560. The molecule has 0 unspecified atom stereocenters. The van der Waals surface area contributed by atoms with Crippen LogP contribution in [0.25, 0.3) is 4.96 Å². The summed E-state index contributed by atoms with van der Waals surface area (Å²) >= 11 is 1.39. The van der Waals surface area contributed by atoms with E-state index >= 15 is 0 Å². The van der Waals surface area contributed by atoms with E-state index in [1.54, 1.807) is 4.40 Å². The summed E-state index contributed by atoms with van der Waals surface area (Å²) in [4.78, 5) is 17.3. The molecule has 0 aliphatic carbocycles. The van der Waals surface area contributed by atoms with E-state index in [9.17, 15) is 13.2 Å². The molecule has 0 aromatic carbocycles. The number of thiazole rings is 1. The van der Waals surface area contributed by atoms with Gasteiger partial charge in [0.25, 0.3) is 5.56 Å². The van der Waals surface area contributed by atoms with Crippen molar-refractivity contribution in [3.05, 3.63) is 45.6 Å². The van der Waals surface area contributed by atoms with Crippen LogP contribution < -0.4 is 5.56 Å². The molecule has 0 saturated carbocycles. The normalized spacial score (nSPS) is 12.3. The molecule has 10 heteroatoms. The molecule has 3 aromatic rings. The van der Waals surface area contributed by atoms with E-state index in [1.165, 1.54) is 48.6 Å². The molecule has 3 rings (SSSR count). The summed E-state index contributed by atoms with van der Waals surface area (Å²) in [6.45, 7) is 2.07. The first-order valence-corrected chi connectivity index (χ1v) is 9.03. The summed E-state index contributed by atoms with van der Waals surface area (Å²) in [6, 6.07) is 1.44. The highest BCUT2D eigenvalue weighted by Gasteiger charge is 2.19. The van der Waals surface area contributed by atoms with Crippen LogP contribution in [0.15, 0.2) is 33.5 Å². The number of aryl methyl sites for hydroxylation is 1. The lowest BCUT2D eigenvalue weighted by Gasteiger charge is -2.08. The first-order chi connectivity index (χ1) is 10.8. The molecule has 3 aromatic heterocycles. The minimum atomic E-state index is -3.52. The van der Waals surface area contributed by atoms with Crippen LogP contribution in [-0.2, 0) is 16.6 Å². The predicted molar refractivity (Wildman–Crippen MR) is 86.3 cm³/mol. The van der Waals surface area contributed by atoms with Gasteiger partial charge in [0.2, 0.25) is 10.0 Å². The highest BCUT2D eigenvalue weighted by atomic mass is 32.2. The van der Waals surface area contributed by atoms with Crippen LogP contribution in [0.3, 0.4) is 0 Å². The van der Waals surface area contributed by atoms with E-state index in [1.807, 2.05) is 12.3 Å². The van der Waals surface area contributed by atoms with Crippen LogP contribution in [0.2, 0.25) is 0 Å². The lowest BCUT2D eigenvalue weighted by molar-refractivity contribution is 0.520. The van der Waals surface area contributed by atoms with Crippen LogP contribution in [0.1, 0.15) is 11.4 Å². The van der Waals surface area contributed by atoms with Crippen LogP contribution in [0, 0.1) is 6.92 Å². The average Bonchev–Trinajstić information content (AvgIpc) is 3.06. The maximum atomic E-state index is 12.1. The molecule has 0 N–H and O–H groups in total. The zero-order chi connectivity index (χ0) is 16.8. The van der Waals surface area contributed by atoms with Crippen molar-refractivity contribution in [2.75, 3.05) is 14.1 Å². The van der Waals surface area contributed by atoms with E-state index in [-0.39, 0.29) is 17.0 Å². The second-order valence-electron chi connectivity index (χ2n) is 5.24. The molecule has 0 aliphatic heterocycles. The Morgan fingerprint density at radius 1 is 1.35 bits per heavy atom. The van der Waals surface area contributed by atoms with Crippen molar-refractivity contribution in [3.63, 3.8) is 0 Å². The molecule has 3 heterocycles. The molecule has 0 fully saturated rings. The number of hydrogen-bond donors (Lipinski definition) is 0. The van der Waals surface area contributed by atoms with E-state index in [2.05, 4.69) is 10.1 Å². The van der Waals surface area contributed by atoms with E-state index < -0.39 is 10.0 Å². The third-order valence-corrected chi connectivity index (χ3v) is 6.05. The van der Waals surface area contributed by atoms with E-state index in [4.69, 9.17) is 0 Å². The van der Waals surface area contributed by atoms with Crippen molar-refractivity contribution < 1.29 is 8.42 Å². The van der Waals surface area contributed by atoms with Crippen molar-refractivity contribution in [3.8, 4) is 0 Å². The monoisotopic (exact) mass is 353 g/mol. The lowest BCUT2D eigenvalue weighted by atomic mass is 10.4. The summed E-state index contributed by atoms with van der Waals surface area (Å²) in [6.07, 6.45) is 2.72. The first kappa shape index (κ1) is 15.8. The molecule has 0 bridgehead atoms. The van der Waals surface area contributed by atoms with Gasteiger partial charge in [-0.3, -0.25) is 13.9 Å². The van der Waals surface area contributed by atoms with Crippen LogP contribution >= 0.6 is 11.3 Å². The van der Waals surface area contributed by atoms with Gasteiger partial charge in [-0.25, -0.2) is 17.7 Å². The summed E-state index contributed by atoms with van der Waals surface area (Å²) in [5.41, 5.74) is 1.22. The Balaban J connectivity index is 1.94. The molecule has 8 nitrogen and oxygen atoms in total. The number of aromatic nitrogens is 4. The lowest BCUT2D eigenvalue weighted by Crippen LogP contribution is -2.21. The Kier molecular flexibility index (Phi) is 3.82. The Labute approximate surface area is 136 Å². The smallest absolute Gasteiger partial charge is 0.259 e. The topological polar surface area (TPSA) is 89.6 Å². The quantitative estimate of drug-likeness (QED) is 0.684. The van der Waals surface area contributed by atoms with Crippen molar-refractivity contribution in [2.45, 2.75) is 18.4 Å². The number of fused-ring (bicyclic) bond motifs is 1. The van der Waals surface area contributed by atoms with E-state index in [0.29, 0.717) is 10.7 Å². The summed E-state index contributed by atoms with van der Waals surface area (Å²) < 4.78 is 28.2. The molecular weight excluding hydrogens is 338 g/mol. The van der Waals surface area contributed by atoms with Gasteiger partial charge >= 0.3 is 0 Å². The zero-order valence-electron chi connectivity index (χ0n) is 12.8. The van der Waals surface area contributed by atoms with Gasteiger partial charge in [-0.15, -0.1) is 11.3 Å². The van der Waals surface area contributed by atoms with Gasteiger partial charge in [0.05, 0.1) is 18.4 Å². The van der Waals surface area contributed by atoms with Crippen LogP contribution in [0.4, 0.5) is 0 Å². The highest BCUT2D eigenvalue weighted by Crippen LogP contribution is 2.14. The van der Waals surface area contributed by atoms with Gasteiger partial charge in [-0.2, -0.15) is 5.10 Å². The van der Waals surface area contributed by atoms with Crippen molar-refractivity contribution in [1.29, 1.82) is 0 Å². The van der Waals surface area contributed by atoms with Gasteiger partial charge < -0.3 is 0 Å². The molecule has 0 aliphatic rings. The fraction of sp³-hybridized carbons (Fsp3) is 0.308. The standard InChI is InChI=1S/C13H15N5O3S2/c1-9-8-22-13-15-10(4-12(19)18(9)13)6-17-7-11(5-14-17)23(20,21)16(2)3/h4-5,7-8H,6H2,1-3H3. The molecule has 0 radical (unpaired) electrons. The van der Waals surface area contributed by atoms with Crippen molar-refractivity contribution in [1.82, 2.24) is 23.5 Å². The third kappa shape index (κ3) is 2.80. The Morgan fingerprint density at radius 3 is 2.78 bits per heavy atom. The maximum Gasteiger partial charge on any atom is 0.259 e. The molecule has 122 valence electrons. The Hall–Kier alpha value is -2.04. The molecule has 0 amide bonds. The minimum absolute atomic E-state index is 0.104.